The zero-order chi connectivity index (χ0) is 19.5. The molecule has 0 spiro atoms. The number of carbonyl (C=O) groups is 1. The van der Waals surface area contributed by atoms with Gasteiger partial charge in [0.2, 0.25) is 6.10 Å². The molecule has 0 saturated heterocycles. The van der Waals surface area contributed by atoms with Crippen molar-refractivity contribution in [3.8, 4) is 22.9 Å². The topological polar surface area (TPSA) is 87.4 Å². The summed E-state index contributed by atoms with van der Waals surface area (Å²) in [6, 6.07) is 16.7. The zero-order valence-corrected chi connectivity index (χ0v) is 15.4. The van der Waals surface area contributed by atoms with Crippen molar-refractivity contribution in [3.63, 3.8) is 0 Å². The predicted octanol–water partition coefficient (Wildman–Crippen LogP) is 1.20. The van der Waals surface area contributed by atoms with E-state index >= 15 is 0 Å². The van der Waals surface area contributed by atoms with Crippen LogP contribution in [0.5, 0.6) is 11.5 Å². The van der Waals surface area contributed by atoms with Gasteiger partial charge in [-0.15, -0.1) is 5.10 Å². The van der Waals surface area contributed by atoms with Gasteiger partial charge in [-0.1, -0.05) is 42.5 Å². The number of aromatic nitrogens is 3. The number of ether oxygens (including phenoxy) is 2. The van der Waals surface area contributed by atoms with Crippen LogP contribution in [0.2, 0.25) is 0 Å². The van der Waals surface area contributed by atoms with Crippen LogP contribution in [-0.4, -0.2) is 39.5 Å². The van der Waals surface area contributed by atoms with Crippen LogP contribution in [0.1, 0.15) is 0 Å². The highest BCUT2D eigenvalue weighted by Crippen LogP contribution is 2.30. The van der Waals surface area contributed by atoms with Crippen molar-refractivity contribution >= 4 is 5.91 Å². The average Bonchev–Trinajstić information content (AvgIpc) is 3.02. The molecular formula is C20H20N4O4. The van der Waals surface area contributed by atoms with Crippen molar-refractivity contribution < 1.29 is 14.3 Å². The summed E-state index contributed by atoms with van der Waals surface area (Å²) in [5.74, 6) is 1.46. The molecule has 0 saturated carbocycles. The van der Waals surface area contributed by atoms with Gasteiger partial charge in [0.1, 0.15) is 6.61 Å². The van der Waals surface area contributed by atoms with Crippen LogP contribution >= 0.6 is 0 Å². The largest absolute Gasteiger partial charge is 0.485 e. The highest BCUT2D eigenvalue weighted by molar-refractivity contribution is 5.81. The van der Waals surface area contributed by atoms with Crippen molar-refractivity contribution in [2.75, 3.05) is 13.2 Å². The molecule has 1 aromatic heterocycles. The highest BCUT2D eigenvalue weighted by Gasteiger charge is 2.27. The molecule has 1 aliphatic rings. The molecule has 4 rings (SSSR count). The molecule has 0 radical (unpaired) electrons. The first-order valence-electron chi connectivity index (χ1n) is 8.99. The Labute approximate surface area is 161 Å². The average molecular weight is 380 g/mol. The predicted molar refractivity (Wildman–Crippen MR) is 102 cm³/mol. The van der Waals surface area contributed by atoms with Gasteiger partial charge < -0.3 is 14.8 Å². The van der Waals surface area contributed by atoms with E-state index in [0.29, 0.717) is 17.3 Å². The number of rotatable bonds is 5. The van der Waals surface area contributed by atoms with Gasteiger partial charge >= 0.3 is 5.69 Å². The molecule has 1 atom stereocenters. The van der Waals surface area contributed by atoms with Crippen molar-refractivity contribution in [1.82, 2.24) is 19.7 Å². The Hall–Kier alpha value is -3.55. The standard InChI is InChI=1S/C20H20N4O4/c1-23-18(14-7-3-2-4-8-14)22-24(20(23)26)12-11-21-19(25)17-13-27-15-9-5-6-10-16(15)28-17/h2-10,17H,11-13H2,1H3,(H,21,25)/t17-/m0/s1. The van der Waals surface area contributed by atoms with E-state index in [1.165, 1.54) is 9.25 Å². The Morgan fingerprint density at radius 2 is 1.86 bits per heavy atom. The zero-order valence-electron chi connectivity index (χ0n) is 15.4. The molecule has 1 N–H and O–H groups in total. The fourth-order valence-electron chi connectivity index (χ4n) is 3.02. The second-order valence-corrected chi connectivity index (χ2v) is 6.41. The van der Waals surface area contributed by atoms with Crippen LogP contribution in [0, 0.1) is 0 Å². The molecule has 1 amide bonds. The van der Waals surface area contributed by atoms with Crippen molar-refractivity contribution in [1.29, 1.82) is 0 Å². The van der Waals surface area contributed by atoms with Crippen LogP contribution in [0.3, 0.4) is 0 Å². The molecule has 144 valence electrons. The van der Waals surface area contributed by atoms with Crippen molar-refractivity contribution in [2.24, 2.45) is 7.05 Å². The first-order valence-corrected chi connectivity index (χ1v) is 8.99. The summed E-state index contributed by atoms with van der Waals surface area (Å²) >= 11 is 0. The molecule has 0 fully saturated rings. The van der Waals surface area contributed by atoms with Crippen LogP contribution in [0.25, 0.3) is 11.4 Å². The Morgan fingerprint density at radius 1 is 1.14 bits per heavy atom. The monoisotopic (exact) mass is 380 g/mol. The number of nitrogens with one attached hydrogen (secondary N) is 1. The molecule has 1 aliphatic heterocycles. The smallest absolute Gasteiger partial charge is 0.345 e. The Kier molecular flexibility index (Phi) is 4.84. The van der Waals surface area contributed by atoms with E-state index < -0.39 is 6.10 Å². The first kappa shape index (κ1) is 17.8. The number of amides is 1. The van der Waals surface area contributed by atoms with E-state index in [1.807, 2.05) is 42.5 Å². The van der Waals surface area contributed by atoms with Gasteiger partial charge in [0.05, 0.1) is 6.54 Å². The van der Waals surface area contributed by atoms with E-state index in [-0.39, 0.29) is 31.3 Å². The molecule has 8 nitrogen and oxygen atoms in total. The van der Waals surface area contributed by atoms with Gasteiger partial charge in [-0.2, -0.15) is 0 Å². The van der Waals surface area contributed by atoms with Gasteiger partial charge in [0.15, 0.2) is 17.3 Å². The summed E-state index contributed by atoms with van der Waals surface area (Å²) in [6.45, 7) is 0.658. The van der Waals surface area contributed by atoms with Gasteiger partial charge in [0, 0.05) is 19.2 Å². The number of carbonyl (C=O) groups excluding carboxylic acids is 1. The maximum atomic E-state index is 12.4. The third-order valence-electron chi connectivity index (χ3n) is 4.50. The van der Waals surface area contributed by atoms with Crippen LogP contribution in [-0.2, 0) is 18.4 Å². The van der Waals surface area contributed by atoms with Crippen LogP contribution in [0.15, 0.2) is 59.4 Å². The number of fused-ring (bicyclic) bond motifs is 1. The minimum Gasteiger partial charge on any atom is -0.485 e. The lowest BCUT2D eigenvalue weighted by Crippen LogP contribution is -2.45. The Bertz CT molecular complexity index is 1040. The lowest BCUT2D eigenvalue weighted by Gasteiger charge is -2.25. The van der Waals surface area contributed by atoms with Gasteiger partial charge in [-0.3, -0.25) is 9.36 Å². The van der Waals surface area contributed by atoms with Crippen molar-refractivity contribution in [2.45, 2.75) is 12.6 Å². The molecule has 8 heteroatoms. The Morgan fingerprint density at radius 3 is 2.64 bits per heavy atom. The molecule has 0 bridgehead atoms. The SMILES string of the molecule is Cn1c(-c2ccccc2)nn(CCNC(=O)[C@@H]2COc3ccccc3O2)c1=O. The number of nitrogens with zero attached hydrogens (tertiary/aromatic N) is 3. The molecule has 0 unspecified atom stereocenters. The van der Waals surface area contributed by atoms with E-state index in [0.717, 1.165) is 5.56 Å². The van der Waals surface area contributed by atoms with Crippen LogP contribution in [0.4, 0.5) is 0 Å². The van der Waals surface area contributed by atoms with E-state index in [9.17, 15) is 9.59 Å². The van der Waals surface area contributed by atoms with Gasteiger partial charge in [-0.25, -0.2) is 9.48 Å². The molecular weight excluding hydrogens is 360 g/mol. The normalized spacial score (nSPS) is 15.2. The maximum Gasteiger partial charge on any atom is 0.345 e. The molecule has 2 aromatic carbocycles. The third kappa shape index (κ3) is 3.48. The quantitative estimate of drug-likeness (QED) is 0.719. The van der Waals surface area contributed by atoms with E-state index in [4.69, 9.17) is 9.47 Å². The second kappa shape index (κ2) is 7.59. The first-order chi connectivity index (χ1) is 13.6. The minimum atomic E-state index is -0.727. The summed E-state index contributed by atoms with van der Waals surface area (Å²) < 4.78 is 14.1. The maximum absolute atomic E-state index is 12.4. The lowest BCUT2D eigenvalue weighted by atomic mass is 10.2. The number of para-hydroxylation sites is 2. The van der Waals surface area contributed by atoms with E-state index in [2.05, 4.69) is 10.4 Å². The minimum absolute atomic E-state index is 0.143. The summed E-state index contributed by atoms with van der Waals surface area (Å²) in [5.41, 5.74) is 0.621. The van der Waals surface area contributed by atoms with E-state index in [1.54, 1.807) is 19.2 Å². The second-order valence-electron chi connectivity index (χ2n) is 6.41. The van der Waals surface area contributed by atoms with Crippen molar-refractivity contribution in [3.05, 3.63) is 65.1 Å². The number of hydrogen-bond acceptors (Lipinski definition) is 5. The van der Waals surface area contributed by atoms with Crippen LogP contribution < -0.4 is 20.5 Å². The molecule has 28 heavy (non-hydrogen) atoms. The fourth-order valence-corrected chi connectivity index (χ4v) is 3.02. The third-order valence-corrected chi connectivity index (χ3v) is 4.50. The highest BCUT2D eigenvalue weighted by atomic mass is 16.6. The summed E-state index contributed by atoms with van der Waals surface area (Å²) in [6.07, 6.45) is -0.727. The molecule has 3 aromatic rings. The van der Waals surface area contributed by atoms with Gasteiger partial charge in [0.25, 0.3) is 5.91 Å². The summed E-state index contributed by atoms with van der Waals surface area (Å²) in [5, 5.41) is 7.15. The lowest BCUT2D eigenvalue weighted by molar-refractivity contribution is -0.130. The van der Waals surface area contributed by atoms with Gasteiger partial charge in [-0.05, 0) is 12.1 Å². The summed E-state index contributed by atoms with van der Waals surface area (Å²) in [4.78, 5) is 24.7. The fraction of sp³-hybridized carbons (Fsp3) is 0.250. The number of hydrogen-bond donors (Lipinski definition) is 1. The molecule has 0 aliphatic carbocycles. The molecule has 2 heterocycles. The Balaban J connectivity index is 1.37. The summed E-state index contributed by atoms with van der Waals surface area (Å²) in [7, 11) is 1.68. The number of benzene rings is 2.